The summed E-state index contributed by atoms with van der Waals surface area (Å²) in [5, 5.41) is 0. The molecular formula is C25H32F3N3O2. The Bertz CT molecular complexity index is 994. The number of nitrogens with zero attached hydrogens (tertiary/aromatic N) is 2. The van der Waals surface area contributed by atoms with Crippen molar-refractivity contribution in [2.75, 3.05) is 13.1 Å². The van der Waals surface area contributed by atoms with E-state index in [9.17, 15) is 22.8 Å². The number of halogens is 3. The van der Waals surface area contributed by atoms with Crippen LogP contribution >= 0.6 is 0 Å². The minimum Gasteiger partial charge on any atom is -0.366 e. The highest BCUT2D eigenvalue weighted by atomic mass is 19.4. The molecule has 0 unspecified atom stereocenters. The lowest BCUT2D eigenvalue weighted by atomic mass is 9.96. The Balaban J connectivity index is 1.99. The molecule has 0 spiro atoms. The van der Waals surface area contributed by atoms with Crippen LogP contribution in [0.2, 0.25) is 0 Å². The second-order valence-corrected chi connectivity index (χ2v) is 8.67. The zero-order valence-corrected chi connectivity index (χ0v) is 19.3. The summed E-state index contributed by atoms with van der Waals surface area (Å²) >= 11 is 0. The number of amides is 2. The molecule has 1 aromatic heterocycles. The van der Waals surface area contributed by atoms with Crippen LogP contribution in [0, 0.1) is 6.92 Å². The van der Waals surface area contributed by atoms with Crippen LogP contribution in [0.25, 0.3) is 11.1 Å². The van der Waals surface area contributed by atoms with Crippen molar-refractivity contribution in [1.29, 1.82) is 0 Å². The first-order chi connectivity index (χ1) is 15.6. The van der Waals surface area contributed by atoms with Gasteiger partial charge in [0.05, 0.1) is 11.1 Å². The number of hydrogen-bond donors (Lipinski definition) is 1. The summed E-state index contributed by atoms with van der Waals surface area (Å²) in [4.78, 5) is 26.2. The van der Waals surface area contributed by atoms with Crippen LogP contribution in [0.4, 0.5) is 13.2 Å². The van der Waals surface area contributed by atoms with Gasteiger partial charge in [0.2, 0.25) is 5.91 Å². The molecule has 0 radical (unpaired) electrons. The maximum Gasteiger partial charge on any atom is 0.416 e. The van der Waals surface area contributed by atoms with Crippen LogP contribution < -0.4 is 5.73 Å². The molecule has 2 N–H and O–H groups in total. The van der Waals surface area contributed by atoms with E-state index in [1.807, 2.05) is 11.8 Å². The molecule has 8 heteroatoms. The highest BCUT2D eigenvalue weighted by Crippen LogP contribution is 2.36. The lowest BCUT2D eigenvalue weighted by Crippen LogP contribution is -2.26. The zero-order chi connectivity index (χ0) is 24.2. The van der Waals surface area contributed by atoms with Crippen molar-refractivity contribution in [2.24, 2.45) is 5.73 Å². The first kappa shape index (κ1) is 24.9. The fourth-order valence-electron chi connectivity index (χ4n) is 4.70. The number of carbonyl (C=O) groups is 2. The molecule has 0 aliphatic carbocycles. The molecule has 180 valence electrons. The van der Waals surface area contributed by atoms with E-state index in [-0.39, 0.29) is 5.91 Å². The molecule has 1 aliphatic heterocycles. The molecule has 2 amide bonds. The number of carbonyl (C=O) groups excluding carboxylic acids is 2. The quantitative estimate of drug-likeness (QED) is 0.484. The molecule has 2 heterocycles. The number of primary amides is 1. The van der Waals surface area contributed by atoms with E-state index in [0.29, 0.717) is 42.6 Å². The number of aromatic nitrogens is 1. The molecule has 1 aliphatic rings. The van der Waals surface area contributed by atoms with E-state index in [1.165, 1.54) is 12.1 Å². The van der Waals surface area contributed by atoms with E-state index >= 15 is 0 Å². The Labute approximate surface area is 192 Å². The standard InChI is InChI=1S/C25H32F3N3O2/c1-3-4-5-8-20-23(18-10-12-19(13-11-18)25(26,27)28)22(24(29)33)17(2)31(20)16-7-15-30-14-6-9-21(30)32/h10-13H,3-9,14-16H2,1-2H3,(H2,29,33). The number of rotatable bonds is 10. The molecule has 1 saturated heterocycles. The van der Waals surface area contributed by atoms with Gasteiger partial charge in [-0.1, -0.05) is 31.9 Å². The monoisotopic (exact) mass is 463 g/mol. The third-order valence-electron chi connectivity index (χ3n) is 6.38. The molecular weight excluding hydrogens is 431 g/mol. The van der Waals surface area contributed by atoms with E-state index in [4.69, 9.17) is 5.73 Å². The fraction of sp³-hybridized carbons (Fsp3) is 0.520. The van der Waals surface area contributed by atoms with Gasteiger partial charge in [-0.2, -0.15) is 13.2 Å². The Hall–Kier alpha value is -2.77. The lowest BCUT2D eigenvalue weighted by Gasteiger charge is -2.18. The Morgan fingerprint density at radius 1 is 1.09 bits per heavy atom. The first-order valence-corrected chi connectivity index (χ1v) is 11.6. The SMILES string of the molecule is CCCCCc1c(-c2ccc(C(F)(F)F)cc2)c(C(N)=O)c(C)n1CCCN1CCCC1=O. The minimum absolute atomic E-state index is 0.172. The summed E-state index contributed by atoms with van der Waals surface area (Å²) < 4.78 is 41.3. The summed E-state index contributed by atoms with van der Waals surface area (Å²) in [6.07, 6.45) is 1.40. The predicted octanol–water partition coefficient (Wildman–Crippen LogP) is 5.33. The van der Waals surface area contributed by atoms with Gasteiger partial charge in [-0.3, -0.25) is 9.59 Å². The van der Waals surface area contributed by atoms with Crippen LogP contribution in [0.5, 0.6) is 0 Å². The fourth-order valence-corrected chi connectivity index (χ4v) is 4.70. The second-order valence-electron chi connectivity index (χ2n) is 8.67. The number of benzene rings is 1. The summed E-state index contributed by atoms with van der Waals surface area (Å²) in [5.41, 5.74) is 8.20. The molecule has 2 aromatic rings. The predicted molar refractivity (Wildman–Crippen MR) is 122 cm³/mol. The largest absolute Gasteiger partial charge is 0.416 e. The van der Waals surface area contributed by atoms with Gasteiger partial charge >= 0.3 is 6.18 Å². The number of hydrogen-bond acceptors (Lipinski definition) is 2. The Morgan fingerprint density at radius 2 is 1.79 bits per heavy atom. The molecule has 0 atom stereocenters. The van der Waals surface area contributed by atoms with E-state index in [1.54, 1.807) is 0 Å². The second kappa shape index (κ2) is 10.4. The molecule has 1 aromatic carbocycles. The maximum absolute atomic E-state index is 13.1. The topological polar surface area (TPSA) is 68.3 Å². The van der Waals surface area contributed by atoms with Crippen molar-refractivity contribution < 1.29 is 22.8 Å². The van der Waals surface area contributed by atoms with Crippen LogP contribution in [0.3, 0.4) is 0 Å². The smallest absolute Gasteiger partial charge is 0.366 e. The summed E-state index contributed by atoms with van der Waals surface area (Å²) in [5.74, 6) is -0.418. The Morgan fingerprint density at radius 3 is 2.33 bits per heavy atom. The lowest BCUT2D eigenvalue weighted by molar-refractivity contribution is -0.137. The van der Waals surface area contributed by atoms with E-state index in [2.05, 4.69) is 11.5 Å². The van der Waals surface area contributed by atoms with Gasteiger partial charge in [-0.25, -0.2) is 0 Å². The van der Waals surface area contributed by atoms with Crippen LogP contribution in [0.1, 0.15) is 72.8 Å². The van der Waals surface area contributed by atoms with E-state index in [0.717, 1.165) is 62.2 Å². The van der Waals surface area contributed by atoms with Crippen LogP contribution in [-0.4, -0.2) is 34.4 Å². The van der Waals surface area contributed by atoms with Crippen molar-refractivity contribution in [3.05, 3.63) is 46.8 Å². The molecule has 3 rings (SSSR count). The van der Waals surface area contributed by atoms with Gasteiger partial charge in [0.25, 0.3) is 5.91 Å². The maximum atomic E-state index is 13.1. The number of likely N-dealkylation sites (tertiary alicyclic amines) is 1. The van der Waals surface area contributed by atoms with Gasteiger partial charge in [-0.05, 0) is 50.3 Å². The minimum atomic E-state index is -4.43. The number of unbranched alkanes of at least 4 members (excludes halogenated alkanes) is 2. The Kier molecular flexibility index (Phi) is 7.87. The van der Waals surface area contributed by atoms with E-state index < -0.39 is 17.6 Å². The van der Waals surface area contributed by atoms with Gasteiger partial charge in [0, 0.05) is 43.0 Å². The van der Waals surface area contributed by atoms with Crippen molar-refractivity contribution in [1.82, 2.24) is 9.47 Å². The average molecular weight is 464 g/mol. The zero-order valence-electron chi connectivity index (χ0n) is 19.3. The number of nitrogens with two attached hydrogens (primary N) is 1. The average Bonchev–Trinajstić information content (AvgIpc) is 3.29. The van der Waals surface area contributed by atoms with Crippen LogP contribution in [-0.2, 0) is 23.9 Å². The third kappa shape index (κ3) is 5.60. The van der Waals surface area contributed by atoms with Crippen molar-refractivity contribution in [3.8, 4) is 11.1 Å². The van der Waals surface area contributed by atoms with Crippen molar-refractivity contribution >= 4 is 11.8 Å². The summed E-state index contributed by atoms with van der Waals surface area (Å²) in [7, 11) is 0. The normalized spacial score (nSPS) is 14.3. The highest BCUT2D eigenvalue weighted by molar-refractivity contribution is 6.02. The summed E-state index contributed by atoms with van der Waals surface area (Å²) in [6, 6.07) is 4.92. The molecule has 1 fully saturated rings. The van der Waals surface area contributed by atoms with Gasteiger partial charge < -0.3 is 15.2 Å². The first-order valence-electron chi connectivity index (χ1n) is 11.6. The molecule has 33 heavy (non-hydrogen) atoms. The van der Waals surface area contributed by atoms with Gasteiger partial charge in [0.1, 0.15) is 0 Å². The highest BCUT2D eigenvalue weighted by Gasteiger charge is 2.31. The number of alkyl halides is 3. The van der Waals surface area contributed by atoms with Gasteiger partial charge in [0.15, 0.2) is 0 Å². The molecule has 0 saturated carbocycles. The summed E-state index contributed by atoms with van der Waals surface area (Å²) in [6.45, 7) is 5.96. The van der Waals surface area contributed by atoms with Crippen molar-refractivity contribution in [2.45, 2.75) is 71.5 Å². The molecule has 0 bridgehead atoms. The van der Waals surface area contributed by atoms with Gasteiger partial charge in [-0.15, -0.1) is 0 Å². The third-order valence-corrected chi connectivity index (χ3v) is 6.38. The van der Waals surface area contributed by atoms with Crippen molar-refractivity contribution in [3.63, 3.8) is 0 Å². The van der Waals surface area contributed by atoms with Crippen LogP contribution in [0.15, 0.2) is 24.3 Å². The molecule has 5 nitrogen and oxygen atoms in total.